The normalized spacial score (nSPS) is 14.9. The van der Waals surface area contributed by atoms with Crippen molar-refractivity contribution in [1.29, 1.82) is 0 Å². The van der Waals surface area contributed by atoms with Gasteiger partial charge in [-0.1, -0.05) is 42.2 Å². The molecule has 9 heteroatoms. The number of amides is 2. The highest BCUT2D eigenvalue weighted by molar-refractivity contribution is 7.99. The quantitative estimate of drug-likeness (QED) is 0.423. The highest BCUT2D eigenvalue weighted by Gasteiger charge is 2.31. The maximum Gasteiger partial charge on any atom is 0.291 e. The number of nitrogens with one attached hydrogen (secondary N) is 2. The average Bonchev–Trinajstić information content (AvgIpc) is 3.35. The Balaban J connectivity index is 1.28. The van der Waals surface area contributed by atoms with E-state index < -0.39 is 11.9 Å². The molecule has 5 rings (SSSR count). The predicted octanol–water partition coefficient (Wildman–Crippen LogP) is 3.06. The van der Waals surface area contributed by atoms with Gasteiger partial charge >= 0.3 is 0 Å². The van der Waals surface area contributed by atoms with Gasteiger partial charge in [0.1, 0.15) is 11.9 Å². The number of nitrogens with zero attached hydrogens (tertiary/aromatic N) is 4. The van der Waals surface area contributed by atoms with Gasteiger partial charge in [-0.2, -0.15) is 0 Å². The number of rotatable bonds is 4. The van der Waals surface area contributed by atoms with Crippen molar-refractivity contribution in [3.63, 3.8) is 0 Å². The Kier molecular flexibility index (Phi) is 6.78. The van der Waals surface area contributed by atoms with Crippen LogP contribution < -0.4 is 10.2 Å². The van der Waals surface area contributed by atoms with Crippen LogP contribution >= 0.6 is 11.8 Å². The molecule has 2 N–H and O–H groups in total. The molecular formula is C27H22N6O2S. The first-order valence-corrected chi connectivity index (χ1v) is 12.3. The minimum absolute atomic E-state index is 0.0109. The van der Waals surface area contributed by atoms with Crippen LogP contribution in [0, 0.1) is 11.8 Å². The number of benzene rings is 2. The van der Waals surface area contributed by atoms with Crippen molar-refractivity contribution in [2.24, 2.45) is 0 Å². The van der Waals surface area contributed by atoms with Crippen LogP contribution in [0.1, 0.15) is 33.1 Å². The number of fused-ring (bicyclic) bond motifs is 1. The molecule has 4 aromatic rings. The molecule has 0 saturated carbocycles. The fraction of sp³-hybridized carbons (Fsp3) is 0.148. The summed E-state index contributed by atoms with van der Waals surface area (Å²) >= 11 is 1.51. The third-order valence-corrected chi connectivity index (χ3v) is 6.80. The van der Waals surface area contributed by atoms with Gasteiger partial charge in [0.25, 0.3) is 5.91 Å². The zero-order valence-electron chi connectivity index (χ0n) is 19.4. The van der Waals surface area contributed by atoms with Gasteiger partial charge < -0.3 is 10.2 Å². The molecule has 0 unspecified atom stereocenters. The number of aromatic amines is 1. The largest absolute Gasteiger partial charge is 0.337 e. The van der Waals surface area contributed by atoms with Gasteiger partial charge in [0.15, 0.2) is 0 Å². The molecule has 1 aliphatic rings. The van der Waals surface area contributed by atoms with Crippen LogP contribution in [-0.2, 0) is 11.2 Å². The summed E-state index contributed by atoms with van der Waals surface area (Å²) in [6, 6.07) is 18.5. The number of carbonyl (C=O) groups excluding carboxylic acids is 2. The van der Waals surface area contributed by atoms with Gasteiger partial charge in [-0.3, -0.25) is 19.7 Å². The van der Waals surface area contributed by atoms with Crippen LogP contribution in [0.15, 0.2) is 78.0 Å². The highest BCUT2D eigenvalue weighted by Crippen LogP contribution is 2.34. The molecule has 0 bridgehead atoms. The number of pyridine rings is 1. The molecule has 0 radical (unpaired) electrons. The summed E-state index contributed by atoms with van der Waals surface area (Å²) in [5.41, 5.74) is 3.46. The molecule has 1 atom stereocenters. The van der Waals surface area contributed by atoms with Gasteiger partial charge in [0, 0.05) is 47.6 Å². The number of H-pyrrole nitrogens is 1. The van der Waals surface area contributed by atoms with E-state index in [1.165, 1.54) is 11.8 Å². The molecule has 0 fully saturated rings. The lowest BCUT2D eigenvalue weighted by atomic mass is 10.1. The molecule has 0 spiro atoms. The van der Waals surface area contributed by atoms with E-state index in [0.717, 1.165) is 27.3 Å². The minimum atomic E-state index is -0.720. The Hall–Kier alpha value is -4.42. The summed E-state index contributed by atoms with van der Waals surface area (Å²) in [5.74, 6) is 6.52. The van der Waals surface area contributed by atoms with Gasteiger partial charge in [0.05, 0.1) is 5.69 Å². The molecule has 36 heavy (non-hydrogen) atoms. The van der Waals surface area contributed by atoms with Crippen molar-refractivity contribution in [3.8, 4) is 11.8 Å². The molecule has 178 valence electrons. The molecule has 2 aromatic carbocycles. The van der Waals surface area contributed by atoms with Crippen LogP contribution in [0.25, 0.3) is 0 Å². The Morgan fingerprint density at radius 3 is 2.69 bits per heavy atom. The Morgan fingerprint density at radius 2 is 1.89 bits per heavy atom. The van der Waals surface area contributed by atoms with Gasteiger partial charge in [-0.05, 0) is 35.9 Å². The van der Waals surface area contributed by atoms with E-state index in [9.17, 15) is 9.59 Å². The van der Waals surface area contributed by atoms with Crippen LogP contribution in [0.4, 0.5) is 5.69 Å². The van der Waals surface area contributed by atoms with Crippen molar-refractivity contribution in [2.45, 2.75) is 17.4 Å². The van der Waals surface area contributed by atoms with E-state index in [4.69, 9.17) is 0 Å². The molecule has 0 saturated heterocycles. The number of hydrogen-bond donors (Lipinski definition) is 2. The molecule has 1 aliphatic heterocycles. The van der Waals surface area contributed by atoms with Gasteiger partial charge in [0.2, 0.25) is 11.7 Å². The number of likely N-dealkylation sites (N-methyl/N-ethyl adjacent to an activating group) is 1. The van der Waals surface area contributed by atoms with Crippen LogP contribution in [0.3, 0.4) is 0 Å². The smallest absolute Gasteiger partial charge is 0.291 e. The molecule has 2 aromatic heterocycles. The second-order valence-corrected chi connectivity index (χ2v) is 9.23. The summed E-state index contributed by atoms with van der Waals surface area (Å²) in [7, 11) is 1.71. The van der Waals surface area contributed by atoms with Gasteiger partial charge in [-0.15, -0.1) is 16.9 Å². The first kappa shape index (κ1) is 23.3. The molecule has 3 heterocycles. The average molecular weight is 495 g/mol. The summed E-state index contributed by atoms with van der Waals surface area (Å²) in [4.78, 5) is 36.9. The van der Waals surface area contributed by atoms with Crippen LogP contribution in [0.2, 0.25) is 0 Å². The van der Waals surface area contributed by atoms with Crippen molar-refractivity contribution in [2.75, 3.05) is 17.7 Å². The number of hydrogen-bond acceptors (Lipinski definition) is 6. The monoisotopic (exact) mass is 494 g/mol. The maximum absolute atomic E-state index is 13.2. The number of aromatic nitrogens is 4. The first-order chi connectivity index (χ1) is 17.6. The maximum atomic E-state index is 13.2. The second-order valence-electron chi connectivity index (χ2n) is 8.17. The summed E-state index contributed by atoms with van der Waals surface area (Å²) in [6.45, 7) is 0. The van der Waals surface area contributed by atoms with E-state index in [2.05, 4.69) is 37.3 Å². The van der Waals surface area contributed by atoms with E-state index in [1.807, 2.05) is 60.7 Å². The lowest BCUT2D eigenvalue weighted by Gasteiger charge is -2.21. The fourth-order valence-corrected chi connectivity index (χ4v) is 4.83. The Bertz CT molecular complexity index is 1460. The van der Waals surface area contributed by atoms with E-state index in [0.29, 0.717) is 18.0 Å². The van der Waals surface area contributed by atoms with Gasteiger partial charge in [-0.25, -0.2) is 4.98 Å². The first-order valence-electron chi connectivity index (χ1n) is 11.3. The summed E-state index contributed by atoms with van der Waals surface area (Å²) in [5, 5.41) is 9.65. The van der Waals surface area contributed by atoms with Crippen molar-refractivity contribution in [1.82, 2.24) is 25.5 Å². The van der Waals surface area contributed by atoms with Crippen molar-refractivity contribution in [3.05, 3.63) is 101 Å². The zero-order valence-corrected chi connectivity index (χ0v) is 20.2. The SMILES string of the molecule is CN1C(=O)[C@@H](NC(=O)c2n[nH]c(Cc3ccccc3)n2)CSc2ccc(C#Cc3ccncc3)cc21. The third kappa shape index (κ3) is 5.29. The van der Waals surface area contributed by atoms with Crippen LogP contribution in [0.5, 0.6) is 0 Å². The summed E-state index contributed by atoms with van der Waals surface area (Å²) in [6.07, 6.45) is 3.92. The zero-order chi connectivity index (χ0) is 24.9. The molecule has 0 aliphatic carbocycles. The fourth-order valence-electron chi connectivity index (χ4n) is 3.75. The number of carbonyl (C=O) groups is 2. The van der Waals surface area contributed by atoms with Crippen molar-refractivity contribution >= 4 is 29.3 Å². The molecule has 8 nitrogen and oxygen atoms in total. The Morgan fingerprint density at radius 1 is 1.11 bits per heavy atom. The Labute approximate surface area is 212 Å². The lowest BCUT2D eigenvalue weighted by Crippen LogP contribution is -2.48. The lowest BCUT2D eigenvalue weighted by molar-refractivity contribution is -0.119. The number of anilines is 1. The predicted molar refractivity (Wildman–Crippen MR) is 138 cm³/mol. The summed E-state index contributed by atoms with van der Waals surface area (Å²) < 4.78 is 0. The van der Waals surface area contributed by atoms with E-state index >= 15 is 0 Å². The highest BCUT2D eigenvalue weighted by atomic mass is 32.2. The molecule has 2 amide bonds. The second kappa shape index (κ2) is 10.5. The standard InChI is InChI=1S/C27H22N6O2S/c1-33-22-15-20(8-7-18-11-13-28-14-12-18)9-10-23(22)36-17-21(27(33)35)29-26(34)25-30-24(31-32-25)16-19-5-3-2-4-6-19/h2-6,9-15,21H,16-17H2,1H3,(H,29,34)(H,30,31,32)/t21-/m0/s1. The minimum Gasteiger partial charge on any atom is -0.337 e. The third-order valence-electron chi connectivity index (χ3n) is 5.64. The van der Waals surface area contributed by atoms with Crippen LogP contribution in [-0.4, -0.2) is 50.8 Å². The van der Waals surface area contributed by atoms with E-state index in [1.54, 1.807) is 24.3 Å². The molecular weight excluding hydrogens is 472 g/mol. The topological polar surface area (TPSA) is 104 Å². The number of thioether (sulfide) groups is 1. The van der Waals surface area contributed by atoms with Crippen molar-refractivity contribution < 1.29 is 9.59 Å². The van der Waals surface area contributed by atoms with E-state index in [-0.39, 0.29) is 11.7 Å².